The van der Waals surface area contributed by atoms with Crippen LogP contribution in [0.15, 0.2) is 0 Å². The molecule has 0 heterocycles. The zero-order valence-corrected chi connectivity index (χ0v) is 10.9. The van der Waals surface area contributed by atoms with Gasteiger partial charge in [-0.2, -0.15) is 8.78 Å². The molecular weight excluding hydrogens is 309 g/mol. The highest BCUT2D eigenvalue weighted by atomic mass is 127. The number of hydrogen-bond donors (Lipinski definition) is 0. The van der Waals surface area contributed by atoms with Crippen LogP contribution in [0.1, 0.15) is 38.5 Å². The second kappa shape index (κ2) is 3.54. The Kier molecular flexibility index (Phi) is 2.53. The molecule has 4 fully saturated rings. The SMILES string of the molecule is FC(F)(I)CC1C2CC3CC(C2)CC1C3. The van der Waals surface area contributed by atoms with Crippen LogP contribution in [0.5, 0.6) is 0 Å². The van der Waals surface area contributed by atoms with Crippen LogP contribution in [0.25, 0.3) is 0 Å². The van der Waals surface area contributed by atoms with Crippen LogP contribution in [0.2, 0.25) is 0 Å². The van der Waals surface area contributed by atoms with E-state index in [9.17, 15) is 8.78 Å². The summed E-state index contributed by atoms with van der Waals surface area (Å²) in [5.74, 6) is 3.41. The lowest BCUT2D eigenvalue weighted by molar-refractivity contribution is -0.0627. The summed E-state index contributed by atoms with van der Waals surface area (Å²) in [6.07, 6.45) is 6.56. The molecule has 4 rings (SSSR count). The maximum absolute atomic E-state index is 13.1. The van der Waals surface area contributed by atoms with Crippen molar-refractivity contribution in [1.82, 2.24) is 0 Å². The molecule has 0 N–H and O–H groups in total. The molecule has 0 aliphatic heterocycles. The van der Waals surface area contributed by atoms with Crippen LogP contribution in [-0.4, -0.2) is 3.93 Å². The van der Waals surface area contributed by atoms with Gasteiger partial charge in [0.2, 0.25) is 0 Å². The van der Waals surface area contributed by atoms with Crippen molar-refractivity contribution in [2.45, 2.75) is 42.5 Å². The molecule has 0 radical (unpaired) electrons. The first-order valence-corrected chi connectivity index (χ1v) is 7.16. The average Bonchev–Trinajstić information content (AvgIpc) is 2.08. The third kappa shape index (κ3) is 2.05. The van der Waals surface area contributed by atoms with E-state index in [-0.39, 0.29) is 6.42 Å². The van der Waals surface area contributed by atoms with E-state index in [1.54, 1.807) is 0 Å². The maximum Gasteiger partial charge on any atom is 0.296 e. The molecule has 0 nitrogen and oxygen atoms in total. The number of alkyl halides is 3. The highest BCUT2D eigenvalue weighted by molar-refractivity contribution is 14.1. The zero-order valence-electron chi connectivity index (χ0n) is 8.76. The molecule has 0 spiro atoms. The van der Waals surface area contributed by atoms with E-state index in [0.717, 1.165) is 11.8 Å². The van der Waals surface area contributed by atoms with Gasteiger partial charge in [-0.25, -0.2) is 0 Å². The van der Waals surface area contributed by atoms with Crippen LogP contribution < -0.4 is 0 Å². The van der Waals surface area contributed by atoms with Gasteiger partial charge in [0.25, 0.3) is 3.93 Å². The highest BCUT2D eigenvalue weighted by Gasteiger charge is 2.50. The summed E-state index contributed by atoms with van der Waals surface area (Å²) < 4.78 is 23.7. The van der Waals surface area contributed by atoms with Crippen molar-refractivity contribution in [3.05, 3.63) is 0 Å². The van der Waals surface area contributed by atoms with Gasteiger partial charge in [0.15, 0.2) is 0 Å². The van der Waals surface area contributed by atoms with Crippen molar-refractivity contribution in [2.75, 3.05) is 0 Å². The Morgan fingerprint density at radius 1 is 0.933 bits per heavy atom. The molecule has 86 valence electrons. The van der Waals surface area contributed by atoms with Crippen LogP contribution in [0.4, 0.5) is 8.78 Å². The smallest absolute Gasteiger partial charge is 0.195 e. The standard InChI is InChI=1S/C12H17F2I/c13-12(14,15)6-11-9-2-7-1-8(4-9)5-10(11)3-7/h7-11H,1-6H2. The Balaban J connectivity index is 1.75. The molecule has 4 saturated carbocycles. The van der Waals surface area contributed by atoms with Crippen LogP contribution in [0, 0.1) is 29.6 Å². The molecule has 4 aliphatic carbocycles. The molecular formula is C12H17F2I. The van der Waals surface area contributed by atoms with Gasteiger partial charge < -0.3 is 0 Å². The molecule has 0 aromatic rings. The third-order valence-electron chi connectivity index (χ3n) is 4.89. The Hall–Kier alpha value is 0.590. The number of halogens is 3. The molecule has 0 amide bonds. The summed E-state index contributed by atoms with van der Waals surface area (Å²) in [4.78, 5) is 0. The van der Waals surface area contributed by atoms with Gasteiger partial charge in [-0.05, 0) is 84.3 Å². The zero-order chi connectivity index (χ0) is 10.6. The Morgan fingerprint density at radius 3 is 1.80 bits per heavy atom. The minimum absolute atomic E-state index is 0.141. The van der Waals surface area contributed by atoms with Crippen LogP contribution in [0.3, 0.4) is 0 Å². The van der Waals surface area contributed by atoms with E-state index >= 15 is 0 Å². The maximum atomic E-state index is 13.1. The fourth-order valence-electron chi connectivity index (χ4n) is 4.64. The summed E-state index contributed by atoms with van der Waals surface area (Å²) in [6.45, 7) is 0. The van der Waals surface area contributed by atoms with E-state index < -0.39 is 3.93 Å². The molecule has 3 heteroatoms. The molecule has 0 saturated heterocycles. The summed E-state index contributed by atoms with van der Waals surface area (Å²) in [7, 11) is 0. The number of rotatable bonds is 2. The van der Waals surface area contributed by atoms with Gasteiger partial charge in [-0.1, -0.05) is 0 Å². The number of hydrogen-bond acceptors (Lipinski definition) is 0. The summed E-state index contributed by atoms with van der Waals surface area (Å²) in [5.41, 5.74) is 0. The molecule has 4 bridgehead atoms. The van der Waals surface area contributed by atoms with Crippen molar-refractivity contribution in [3.8, 4) is 0 Å². The summed E-state index contributed by atoms with van der Waals surface area (Å²) >= 11 is 1.32. The molecule has 15 heavy (non-hydrogen) atoms. The lowest BCUT2D eigenvalue weighted by Gasteiger charge is -2.54. The molecule has 0 aromatic heterocycles. The molecule has 0 unspecified atom stereocenters. The monoisotopic (exact) mass is 326 g/mol. The molecule has 0 atom stereocenters. The fraction of sp³-hybridized carbons (Fsp3) is 1.00. The van der Waals surface area contributed by atoms with Gasteiger partial charge >= 0.3 is 0 Å². The lowest BCUT2D eigenvalue weighted by atomic mass is 9.51. The Bertz CT molecular complexity index is 231. The van der Waals surface area contributed by atoms with E-state index in [2.05, 4.69) is 0 Å². The van der Waals surface area contributed by atoms with Crippen LogP contribution in [-0.2, 0) is 0 Å². The predicted octanol–water partition coefficient (Wildman–Crippen LogP) is 4.48. The van der Waals surface area contributed by atoms with Gasteiger partial charge in [0.05, 0.1) is 0 Å². The van der Waals surface area contributed by atoms with Gasteiger partial charge in [-0.15, -0.1) is 0 Å². The topological polar surface area (TPSA) is 0 Å². The van der Waals surface area contributed by atoms with E-state index in [4.69, 9.17) is 0 Å². The minimum Gasteiger partial charge on any atom is -0.195 e. The van der Waals surface area contributed by atoms with Crippen molar-refractivity contribution in [2.24, 2.45) is 29.6 Å². The van der Waals surface area contributed by atoms with Gasteiger partial charge in [0.1, 0.15) is 0 Å². The average molecular weight is 326 g/mol. The molecule has 4 aliphatic rings. The lowest BCUT2D eigenvalue weighted by Crippen LogP contribution is -2.46. The summed E-state index contributed by atoms with van der Waals surface area (Å²) in [6, 6.07) is 0. The van der Waals surface area contributed by atoms with Crippen molar-refractivity contribution < 1.29 is 8.78 Å². The second-order valence-electron chi connectivity index (χ2n) is 5.91. The predicted molar refractivity (Wildman–Crippen MR) is 64.1 cm³/mol. The first-order chi connectivity index (χ1) is 7.01. The highest BCUT2D eigenvalue weighted by Crippen LogP contribution is 2.58. The Morgan fingerprint density at radius 2 is 1.40 bits per heavy atom. The molecule has 0 aromatic carbocycles. The largest absolute Gasteiger partial charge is 0.296 e. The quantitative estimate of drug-likeness (QED) is 0.519. The van der Waals surface area contributed by atoms with Crippen molar-refractivity contribution in [1.29, 1.82) is 0 Å². The fourth-order valence-corrected chi connectivity index (χ4v) is 5.15. The normalized spacial score (nSPS) is 48.6. The minimum atomic E-state index is -2.47. The van der Waals surface area contributed by atoms with E-state index in [1.165, 1.54) is 54.7 Å². The van der Waals surface area contributed by atoms with E-state index in [1.807, 2.05) is 0 Å². The van der Waals surface area contributed by atoms with Crippen molar-refractivity contribution in [3.63, 3.8) is 0 Å². The first-order valence-electron chi connectivity index (χ1n) is 6.08. The third-order valence-corrected chi connectivity index (χ3v) is 5.33. The van der Waals surface area contributed by atoms with E-state index in [0.29, 0.717) is 17.8 Å². The van der Waals surface area contributed by atoms with Gasteiger partial charge in [0, 0.05) is 6.42 Å². The first kappa shape index (κ1) is 10.7. The van der Waals surface area contributed by atoms with Crippen molar-refractivity contribution >= 4 is 22.6 Å². The second-order valence-corrected chi connectivity index (χ2v) is 7.49. The Labute approximate surface area is 103 Å². The van der Waals surface area contributed by atoms with Gasteiger partial charge in [-0.3, -0.25) is 0 Å². The summed E-state index contributed by atoms with van der Waals surface area (Å²) in [5, 5.41) is 0. The van der Waals surface area contributed by atoms with Crippen LogP contribution >= 0.6 is 22.6 Å².